The van der Waals surface area contributed by atoms with Gasteiger partial charge >= 0.3 is 6.08 Å². The van der Waals surface area contributed by atoms with E-state index >= 15 is 0 Å². The van der Waals surface area contributed by atoms with Gasteiger partial charge in [-0.2, -0.15) is 8.78 Å². The molecule has 0 atom stereocenters. The normalized spacial score (nSPS) is 8.04. The van der Waals surface area contributed by atoms with E-state index in [1.54, 1.807) is 0 Å². The molecule has 0 amide bonds. The minimum Gasteiger partial charge on any atom is -0.470 e. The van der Waals surface area contributed by atoms with Gasteiger partial charge in [0.25, 0.3) is 0 Å². The van der Waals surface area contributed by atoms with Crippen LogP contribution in [0.2, 0.25) is 0 Å². The van der Waals surface area contributed by atoms with Crippen LogP contribution in [0.15, 0.2) is 12.3 Å². The number of rotatable bonds is 9. The van der Waals surface area contributed by atoms with Gasteiger partial charge < -0.3 is 14.2 Å². The van der Waals surface area contributed by atoms with Gasteiger partial charge in [0.15, 0.2) is 13.1 Å². The number of unbranched alkanes of at least 4 members (excludes halogenated alkanes) is 3. The van der Waals surface area contributed by atoms with E-state index in [-0.39, 0.29) is 30.7 Å². The van der Waals surface area contributed by atoms with Gasteiger partial charge in [0.1, 0.15) is 0 Å². The first-order chi connectivity index (χ1) is 11.0. The van der Waals surface area contributed by atoms with E-state index in [1.165, 1.54) is 45.6 Å². The topological polar surface area (TPSA) is 27.7 Å². The summed E-state index contributed by atoms with van der Waals surface area (Å²) in [6, 6.07) is 0. The van der Waals surface area contributed by atoms with Crippen LogP contribution in [0, 0.1) is 0 Å². The first-order valence-electron chi connectivity index (χ1n) is 8.71. The van der Waals surface area contributed by atoms with Crippen molar-refractivity contribution < 1.29 is 23.0 Å². The second-order valence-electron chi connectivity index (χ2n) is 4.59. The van der Waals surface area contributed by atoms with Crippen LogP contribution < -0.4 is 0 Å². The third-order valence-electron chi connectivity index (χ3n) is 2.26. The van der Waals surface area contributed by atoms with Crippen LogP contribution in [0.4, 0.5) is 8.78 Å². The molecule has 0 aromatic rings. The largest absolute Gasteiger partial charge is 0.470 e. The zero-order valence-electron chi connectivity index (χ0n) is 16.9. The molecule has 3 nitrogen and oxygen atoms in total. The Morgan fingerprint density at radius 3 is 1.38 bits per heavy atom. The number of ether oxygens (including phenoxy) is 3. The fourth-order valence-corrected chi connectivity index (χ4v) is 0.346. The number of methoxy groups -OCH3 is 1. The van der Waals surface area contributed by atoms with Gasteiger partial charge in [0, 0.05) is 31.0 Å². The fraction of sp³-hybridized carbons (Fsp3) is 0.889. The van der Waals surface area contributed by atoms with Crippen LogP contribution in [-0.2, 0) is 14.2 Å². The van der Waals surface area contributed by atoms with E-state index in [2.05, 4.69) is 51.0 Å². The first-order valence-corrected chi connectivity index (χ1v) is 8.71. The van der Waals surface area contributed by atoms with Crippen molar-refractivity contribution in [1.82, 2.24) is 0 Å². The van der Waals surface area contributed by atoms with Gasteiger partial charge in [-0.05, 0) is 0 Å². The molecule has 0 heterocycles. The number of halogens is 2. The zero-order valence-corrected chi connectivity index (χ0v) is 19.8. The average molecular weight is 461 g/mol. The molecule has 0 unspecified atom stereocenters. The predicted molar refractivity (Wildman–Crippen MR) is 102 cm³/mol. The molecule has 0 fully saturated rings. The number of hydrogen-bond donors (Lipinski definition) is 0. The molecule has 0 aromatic carbocycles. The van der Waals surface area contributed by atoms with Gasteiger partial charge in [-0.25, -0.2) is 0 Å². The molecule has 0 spiro atoms. The van der Waals surface area contributed by atoms with Gasteiger partial charge in [-0.1, -0.05) is 80.1 Å². The molecule has 0 N–H and O–H groups in total. The predicted octanol–water partition coefficient (Wildman–Crippen LogP) is 6.40. The van der Waals surface area contributed by atoms with E-state index in [4.69, 9.17) is 4.74 Å². The quantitative estimate of drug-likeness (QED) is 0.172. The van der Waals surface area contributed by atoms with E-state index < -0.39 is 6.08 Å². The Hall–Kier alpha value is 0.119. The van der Waals surface area contributed by atoms with Crippen LogP contribution in [0.1, 0.15) is 80.1 Å². The SMILES string of the molecule is CCCC.CCCC.CCCC.COCCOCOC=C(F)F.[Sn]. The summed E-state index contributed by atoms with van der Waals surface area (Å²) in [7, 11) is 1.52. The van der Waals surface area contributed by atoms with Crippen molar-refractivity contribution in [2.75, 3.05) is 27.1 Å². The monoisotopic (exact) mass is 462 g/mol. The molecule has 4 radical (unpaired) electrons. The maximum Gasteiger partial charge on any atom is 0.304 e. The molecule has 0 aromatic heterocycles. The van der Waals surface area contributed by atoms with Crippen molar-refractivity contribution >= 4 is 23.9 Å². The summed E-state index contributed by atoms with van der Waals surface area (Å²) in [5.74, 6) is 0. The minimum absolute atomic E-state index is 0. The molecule has 0 saturated carbocycles. The molecule has 0 aliphatic heterocycles. The van der Waals surface area contributed by atoms with E-state index in [9.17, 15) is 8.78 Å². The maximum absolute atomic E-state index is 11.3. The Bertz CT molecular complexity index is 176. The molecule has 0 aliphatic carbocycles. The molecule has 0 bridgehead atoms. The third kappa shape index (κ3) is 79.8. The number of hydrogen-bond acceptors (Lipinski definition) is 3. The van der Waals surface area contributed by atoms with E-state index in [0.29, 0.717) is 19.5 Å². The van der Waals surface area contributed by atoms with Gasteiger partial charge in [0.05, 0.1) is 13.2 Å². The zero-order chi connectivity index (χ0) is 18.8. The molecule has 0 rings (SSSR count). The standard InChI is InChI=1S/C6H10F2O3.3C4H10.Sn/c1-9-2-3-10-5-11-4-6(7)8;3*1-3-4-2;/h4H,2-3,5H2,1H3;3*3-4H2,1-2H3;. The summed E-state index contributed by atoms with van der Waals surface area (Å²) in [5, 5.41) is 0. The molecule has 6 heteroatoms. The third-order valence-corrected chi connectivity index (χ3v) is 2.26. The van der Waals surface area contributed by atoms with Crippen LogP contribution in [0.3, 0.4) is 0 Å². The van der Waals surface area contributed by atoms with Crippen molar-refractivity contribution in [3.8, 4) is 0 Å². The first kappa shape index (κ1) is 35.3. The average Bonchev–Trinajstić information content (AvgIpc) is 2.58. The van der Waals surface area contributed by atoms with Crippen LogP contribution in [0.5, 0.6) is 0 Å². The van der Waals surface area contributed by atoms with Crippen molar-refractivity contribution in [3.63, 3.8) is 0 Å². The fourth-order valence-electron chi connectivity index (χ4n) is 0.346. The van der Waals surface area contributed by atoms with Crippen molar-refractivity contribution in [3.05, 3.63) is 12.3 Å². The second kappa shape index (κ2) is 43.5. The summed E-state index contributed by atoms with van der Waals surface area (Å²) in [6.45, 7) is 13.7. The maximum atomic E-state index is 11.3. The van der Waals surface area contributed by atoms with E-state index in [0.717, 1.165) is 0 Å². The van der Waals surface area contributed by atoms with Crippen molar-refractivity contribution in [2.45, 2.75) is 80.1 Å². The van der Waals surface area contributed by atoms with Crippen LogP contribution in [0.25, 0.3) is 0 Å². The summed E-state index contributed by atoms with van der Waals surface area (Å²) < 4.78 is 36.1. The van der Waals surface area contributed by atoms with Gasteiger partial charge in [-0.3, -0.25) is 0 Å². The van der Waals surface area contributed by atoms with Gasteiger partial charge in [0.2, 0.25) is 0 Å². The molecule has 0 saturated heterocycles. The van der Waals surface area contributed by atoms with Crippen molar-refractivity contribution in [2.24, 2.45) is 0 Å². The van der Waals surface area contributed by atoms with Crippen LogP contribution >= 0.6 is 0 Å². The van der Waals surface area contributed by atoms with Gasteiger partial charge in [-0.15, -0.1) is 0 Å². The Balaban J connectivity index is -0.0000000772. The van der Waals surface area contributed by atoms with E-state index in [1.807, 2.05) is 0 Å². The van der Waals surface area contributed by atoms with Crippen LogP contribution in [-0.4, -0.2) is 51.0 Å². The molecule has 0 aliphatic rings. The minimum atomic E-state index is -1.87. The summed E-state index contributed by atoms with van der Waals surface area (Å²) in [5.41, 5.74) is 0. The molecular weight excluding hydrogens is 421 g/mol. The summed E-state index contributed by atoms with van der Waals surface area (Å²) in [4.78, 5) is 0. The van der Waals surface area contributed by atoms with Crippen molar-refractivity contribution in [1.29, 1.82) is 0 Å². The Kier molecular flexibility index (Phi) is 64.0. The molecule has 148 valence electrons. The Morgan fingerprint density at radius 2 is 1.12 bits per heavy atom. The summed E-state index contributed by atoms with van der Waals surface area (Å²) >= 11 is 0. The summed E-state index contributed by atoms with van der Waals surface area (Å²) in [6.07, 6.45) is 6.38. The smallest absolute Gasteiger partial charge is 0.304 e. The molecule has 24 heavy (non-hydrogen) atoms. The Labute approximate surface area is 166 Å². The Morgan fingerprint density at radius 1 is 0.750 bits per heavy atom. The second-order valence-corrected chi connectivity index (χ2v) is 4.59. The molecular formula is C18H40F2O3Sn.